The Morgan fingerprint density at radius 2 is 2.20 bits per heavy atom. The van der Waals surface area contributed by atoms with Crippen molar-refractivity contribution in [3.63, 3.8) is 0 Å². The van der Waals surface area contributed by atoms with Gasteiger partial charge in [-0.25, -0.2) is 13.4 Å². The van der Waals surface area contributed by atoms with Crippen molar-refractivity contribution >= 4 is 15.5 Å². The predicted molar refractivity (Wildman–Crippen MR) is 57.6 cm³/mol. The third kappa shape index (κ3) is 2.45. The molecule has 1 saturated heterocycles. The highest BCUT2D eigenvalue weighted by molar-refractivity contribution is 7.90. The van der Waals surface area contributed by atoms with Crippen molar-refractivity contribution in [1.82, 2.24) is 10.3 Å². The van der Waals surface area contributed by atoms with E-state index < -0.39 is 9.84 Å². The van der Waals surface area contributed by atoms with Crippen LogP contribution < -0.4 is 10.6 Å². The van der Waals surface area contributed by atoms with Crippen LogP contribution in [-0.4, -0.2) is 38.8 Å². The molecule has 2 rings (SSSR count). The second-order valence-corrected chi connectivity index (χ2v) is 5.62. The fourth-order valence-corrected chi connectivity index (χ4v) is 1.87. The third-order valence-corrected chi connectivity index (χ3v) is 3.27. The summed E-state index contributed by atoms with van der Waals surface area (Å²) >= 11 is 0. The van der Waals surface area contributed by atoms with E-state index in [0.717, 1.165) is 25.0 Å². The fraction of sp³-hybridized carbons (Fsp3) is 0.444. The van der Waals surface area contributed by atoms with Gasteiger partial charge in [0.25, 0.3) is 0 Å². The number of sulfone groups is 1. The van der Waals surface area contributed by atoms with Crippen LogP contribution in [0.1, 0.15) is 0 Å². The smallest absolute Gasteiger partial charge is 0.192 e. The maximum Gasteiger partial charge on any atom is 0.192 e. The van der Waals surface area contributed by atoms with Gasteiger partial charge < -0.3 is 10.6 Å². The minimum atomic E-state index is -3.19. The summed E-state index contributed by atoms with van der Waals surface area (Å²) in [7, 11) is -3.19. The molecule has 1 aromatic rings. The molecule has 6 heteroatoms. The van der Waals surface area contributed by atoms with Gasteiger partial charge in [0.15, 0.2) is 14.9 Å². The number of anilines is 1. The molecule has 0 atom stereocenters. The van der Waals surface area contributed by atoms with Crippen LogP contribution >= 0.6 is 0 Å². The van der Waals surface area contributed by atoms with Crippen molar-refractivity contribution in [1.29, 1.82) is 0 Å². The van der Waals surface area contributed by atoms with Gasteiger partial charge in [0.05, 0.1) is 17.9 Å². The van der Waals surface area contributed by atoms with Gasteiger partial charge in [0, 0.05) is 19.3 Å². The first-order valence-electron chi connectivity index (χ1n) is 4.69. The number of rotatable bonds is 3. The first-order chi connectivity index (χ1) is 7.05. The first-order valence-corrected chi connectivity index (χ1v) is 6.58. The highest BCUT2D eigenvalue weighted by atomic mass is 32.2. The maximum absolute atomic E-state index is 11.1. The van der Waals surface area contributed by atoms with Crippen molar-refractivity contribution in [2.24, 2.45) is 0 Å². The Morgan fingerprint density at radius 1 is 1.47 bits per heavy atom. The summed E-state index contributed by atoms with van der Waals surface area (Å²) in [5.74, 6) is 0. The molecular weight excluding hydrogens is 214 g/mol. The highest BCUT2D eigenvalue weighted by Crippen LogP contribution is 2.12. The van der Waals surface area contributed by atoms with E-state index in [1.807, 2.05) is 0 Å². The monoisotopic (exact) mass is 227 g/mol. The molecular formula is C9H13N3O2S. The van der Waals surface area contributed by atoms with Crippen molar-refractivity contribution in [3.8, 4) is 0 Å². The van der Waals surface area contributed by atoms with E-state index in [1.165, 1.54) is 6.07 Å². The summed E-state index contributed by atoms with van der Waals surface area (Å²) in [6.45, 7) is 1.88. The minimum absolute atomic E-state index is 0.111. The lowest BCUT2D eigenvalue weighted by molar-refractivity contribution is 0.472. The Hall–Kier alpha value is -1.14. The van der Waals surface area contributed by atoms with E-state index >= 15 is 0 Å². The Balaban J connectivity index is 2.09. The summed E-state index contributed by atoms with van der Waals surface area (Å²) in [6.07, 6.45) is 2.70. The summed E-state index contributed by atoms with van der Waals surface area (Å²) in [5, 5.41) is 6.49. The standard InChI is InChI=1S/C9H13N3O2S/c1-15(13,14)9-3-2-7(6-11-9)12-8-4-10-5-8/h2-3,6,8,10,12H,4-5H2,1H3. The number of aromatic nitrogens is 1. The quantitative estimate of drug-likeness (QED) is 0.752. The lowest BCUT2D eigenvalue weighted by Gasteiger charge is -2.28. The zero-order valence-electron chi connectivity index (χ0n) is 8.40. The molecule has 2 heterocycles. The third-order valence-electron chi connectivity index (χ3n) is 2.27. The van der Waals surface area contributed by atoms with Crippen molar-refractivity contribution in [2.45, 2.75) is 11.1 Å². The Bertz CT molecular complexity index is 437. The van der Waals surface area contributed by atoms with E-state index in [0.29, 0.717) is 6.04 Å². The van der Waals surface area contributed by atoms with Crippen LogP contribution in [0.25, 0.3) is 0 Å². The molecule has 0 unspecified atom stereocenters. The summed E-state index contributed by atoms with van der Waals surface area (Å²) in [5.41, 5.74) is 0.855. The van der Waals surface area contributed by atoms with Gasteiger partial charge in [-0.3, -0.25) is 0 Å². The molecule has 0 spiro atoms. The fourth-order valence-electron chi connectivity index (χ4n) is 1.31. The topological polar surface area (TPSA) is 71.1 Å². The Morgan fingerprint density at radius 3 is 2.60 bits per heavy atom. The molecule has 0 amide bonds. The molecule has 1 fully saturated rings. The predicted octanol–water partition coefficient (Wildman–Crippen LogP) is -0.131. The van der Waals surface area contributed by atoms with Crippen LogP contribution in [0, 0.1) is 0 Å². The summed E-state index contributed by atoms with van der Waals surface area (Å²) in [6, 6.07) is 3.68. The average Bonchev–Trinajstić information content (AvgIpc) is 2.11. The second-order valence-electron chi connectivity index (χ2n) is 3.66. The van der Waals surface area contributed by atoms with Crippen molar-refractivity contribution in [3.05, 3.63) is 18.3 Å². The molecule has 0 aromatic carbocycles. The van der Waals surface area contributed by atoms with Crippen LogP contribution in [0.3, 0.4) is 0 Å². The van der Waals surface area contributed by atoms with Gasteiger partial charge >= 0.3 is 0 Å². The van der Waals surface area contributed by atoms with E-state index in [2.05, 4.69) is 15.6 Å². The lowest BCUT2D eigenvalue weighted by atomic mass is 10.2. The van der Waals surface area contributed by atoms with Crippen LogP contribution in [0.2, 0.25) is 0 Å². The summed E-state index contributed by atoms with van der Waals surface area (Å²) < 4.78 is 22.3. The molecule has 2 N–H and O–H groups in total. The molecule has 1 aromatic heterocycles. The lowest BCUT2D eigenvalue weighted by Crippen LogP contribution is -2.51. The van der Waals surface area contributed by atoms with Crippen LogP contribution in [0.4, 0.5) is 5.69 Å². The zero-order chi connectivity index (χ0) is 10.9. The SMILES string of the molecule is CS(=O)(=O)c1ccc(NC2CNC2)cn1. The average molecular weight is 227 g/mol. The van der Waals surface area contributed by atoms with Gasteiger partial charge in [0.2, 0.25) is 0 Å². The number of nitrogens with one attached hydrogen (secondary N) is 2. The van der Waals surface area contributed by atoms with E-state index in [1.54, 1.807) is 12.3 Å². The Kier molecular flexibility index (Phi) is 2.62. The number of hydrogen-bond donors (Lipinski definition) is 2. The number of pyridine rings is 1. The largest absolute Gasteiger partial charge is 0.379 e. The van der Waals surface area contributed by atoms with Gasteiger partial charge in [-0.2, -0.15) is 0 Å². The number of hydrogen-bond acceptors (Lipinski definition) is 5. The molecule has 5 nitrogen and oxygen atoms in total. The van der Waals surface area contributed by atoms with E-state index in [9.17, 15) is 8.42 Å². The van der Waals surface area contributed by atoms with E-state index in [4.69, 9.17) is 0 Å². The van der Waals surface area contributed by atoms with Crippen molar-refractivity contribution < 1.29 is 8.42 Å². The molecule has 1 aliphatic heterocycles. The Labute approximate surface area is 88.8 Å². The maximum atomic E-state index is 11.1. The number of nitrogens with zero attached hydrogens (tertiary/aromatic N) is 1. The van der Waals surface area contributed by atoms with Gasteiger partial charge in [0.1, 0.15) is 0 Å². The molecule has 0 aliphatic carbocycles. The molecule has 0 saturated carbocycles. The van der Waals surface area contributed by atoms with Gasteiger partial charge in [-0.1, -0.05) is 0 Å². The van der Waals surface area contributed by atoms with Gasteiger partial charge in [-0.05, 0) is 12.1 Å². The second kappa shape index (κ2) is 3.79. The molecule has 1 aliphatic rings. The van der Waals surface area contributed by atoms with Crippen LogP contribution in [0.15, 0.2) is 23.4 Å². The molecule has 0 radical (unpaired) electrons. The normalized spacial score (nSPS) is 17.1. The molecule has 0 bridgehead atoms. The molecule has 15 heavy (non-hydrogen) atoms. The highest BCUT2D eigenvalue weighted by Gasteiger charge is 2.16. The van der Waals surface area contributed by atoms with E-state index in [-0.39, 0.29) is 5.03 Å². The summed E-state index contributed by atoms with van der Waals surface area (Å²) in [4.78, 5) is 3.89. The minimum Gasteiger partial charge on any atom is -0.379 e. The zero-order valence-corrected chi connectivity index (χ0v) is 9.21. The van der Waals surface area contributed by atoms with Crippen LogP contribution in [0.5, 0.6) is 0 Å². The van der Waals surface area contributed by atoms with Gasteiger partial charge in [-0.15, -0.1) is 0 Å². The molecule has 82 valence electrons. The van der Waals surface area contributed by atoms with Crippen molar-refractivity contribution in [2.75, 3.05) is 24.7 Å². The first kappa shape index (κ1) is 10.4. The van der Waals surface area contributed by atoms with Crippen LogP contribution in [-0.2, 0) is 9.84 Å².